The third-order valence-electron chi connectivity index (χ3n) is 3.89. The second kappa shape index (κ2) is 6.08. The molecule has 0 fully saturated rings. The molecule has 0 amide bonds. The van der Waals surface area contributed by atoms with Crippen molar-refractivity contribution in [2.24, 2.45) is 7.05 Å². The molecule has 0 bridgehead atoms. The molecule has 21 heavy (non-hydrogen) atoms. The van der Waals surface area contributed by atoms with Crippen LogP contribution in [-0.4, -0.2) is 22.4 Å². The fraction of sp³-hybridized carbons (Fsp3) is 0.438. The Balaban J connectivity index is 1.88. The summed E-state index contributed by atoms with van der Waals surface area (Å²) < 4.78 is 7.97. The number of ether oxygens (including phenoxy) is 1. The minimum absolute atomic E-state index is 0.0392. The molecule has 1 aromatic carbocycles. The zero-order chi connectivity index (χ0) is 14.8. The predicted octanol–water partition coefficient (Wildman–Crippen LogP) is 3.12. The Morgan fingerprint density at radius 2 is 2.29 bits per heavy atom. The monoisotopic (exact) mass is 305 g/mol. The summed E-state index contributed by atoms with van der Waals surface area (Å²) in [6.07, 6.45) is 3.69. The fourth-order valence-electron chi connectivity index (χ4n) is 2.87. The Bertz CT molecular complexity index is 581. The normalized spacial score (nSPS) is 18.3. The third kappa shape index (κ3) is 2.78. The summed E-state index contributed by atoms with van der Waals surface area (Å²) in [5, 5.41) is 8.50. The molecule has 0 radical (unpaired) electrons. The van der Waals surface area contributed by atoms with Gasteiger partial charge < -0.3 is 10.1 Å². The molecule has 1 N–H and O–H groups in total. The molecule has 4 nitrogen and oxygen atoms in total. The highest BCUT2D eigenvalue weighted by molar-refractivity contribution is 6.31. The van der Waals surface area contributed by atoms with Crippen molar-refractivity contribution in [2.75, 3.05) is 6.54 Å². The average molecular weight is 306 g/mol. The van der Waals surface area contributed by atoms with Gasteiger partial charge in [-0.05, 0) is 24.6 Å². The van der Waals surface area contributed by atoms with Crippen molar-refractivity contribution in [3.05, 3.63) is 46.7 Å². The molecule has 1 aliphatic rings. The molecule has 0 saturated heterocycles. The van der Waals surface area contributed by atoms with Gasteiger partial charge in [-0.2, -0.15) is 5.10 Å². The fourth-order valence-corrected chi connectivity index (χ4v) is 3.15. The number of fused-ring (bicyclic) bond motifs is 1. The van der Waals surface area contributed by atoms with E-state index >= 15 is 0 Å². The smallest absolute Gasteiger partial charge is 0.124 e. The SMILES string of the molecule is CCCNC(c1c(Cl)cnn1C)C1Cc2ccccc2O1. The van der Waals surface area contributed by atoms with Crippen LogP contribution in [0.2, 0.25) is 5.02 Å². The lowest BCUT2D eigenvalue weighted by atomic mass is 10.0. The van der Waals surface area contributed by atoms with Crippen LogP contribution in [0.1, 0.15) is 30.6 Å². The van der Waals surface area contributed by atoms with Crippen LogP contribution in [0.5, 0.6) is 5.75 Å². The summed E-state index contributed by atoms with van der Waals surface area (Å²) >= 11 is 6.33. The van der Waals surface area contributed by atoms with Crippen LogP contribution in [0.25, 0.3) is 0 Å². The maximum absolute atomic E-state index is 6.33. The maximum Gasteiger partial charge on any atom is 0.124 e. The number of rotatable bonds is 5. The number of hydrogen-bond acceptors (Lipinski definition) is 3. The van der Waals surface area contributed by atoms with E-state index in [1.807, 2.05) is 23.9 Å². The molecule has 2 unspecified atom stereocenters. The molecule has 2 aromatic rings. The third-order valence-corrected chi connectivity index (χ3v) is 4.18. The molecule has 5 heteroatoms. The number of para-hydroxylation sites is 1. The van der Waals surface area contributed by atoms with Gasteiger partial charge in [-0.15, -0.1) is 0 Å². The number of halogens is 1. The zero-order valence-corrected chi connectivity index (χ0v) is 13.1. The highest BCUT2D eigenvalue weighted by atomic mass is 35.5. The lowest BCUT2D eigenvalue weighted by Crippen LogP contribution is -2.36. The van der Waals surface area contributed by atoms with Crippen LogP contribution in [0.4, 0.5) is 0 Å². The summed E-state index contributed by atoms with van der Waals surface area (Å²) in [5.74, 6) is 0.976. The lowest BCUT2D eigenvalue weighted by molar-refractivity contribution is 0.174. The van der Waals surface area contributed by atoms with E-state index < -0.39 is 0 Å². The Kier molecular flexibility index (Phi) is 4.17. The van der Waals surface area contributed by atoms with E-state index in [0.29, 0.717) is 5.02 Å². The molecule has 0 saturated carbocycles. The van der Waals surface area contributed by atoms with E-state index in [0.717, 1.165) is 30.8 Å². The van der Waals surface area contributed by atoms with E-state index in [1.165, 1.54) is 5.56 Å². The van der Waals surface area contributed by atoms with Gasteiger partial charge in [0.25, 0.3) is 0 Å². The van der Waals surface area contributed by atoms with Crippen molar-refractivity contribution in [1.29, 1.82) is 0 Å². The van der Waals surface area contributed by atoms with Gasteiger partial charge in [0, 0.05) is 13.5 Å². The molecular weight excluding hydrogens is 286 g/mol. The van der Waals surface area contributed by atoms with Gasteiger partial charge in [0.05, 0.1) is 23.0 Å². The van der Waals surface area contributed by atoms with Gasteiger partial charge in [-0.1, -0.05) is 36.7 Å². The number of aromatic nitrogens is 2. The number of hydrogen-bond donors (Lipinski definition) is 1. The molecule has 1 aliphatic heterocycles. The Morgan fingerprint density at radius 1 is 1.48 bits per heavy atom. The second-order valence-corrected chi connectivity index (χ2v) is 5.81. The summed E-state index contributed by atoms with van der Waals surface area (Å²) in [4.78, 5) is 0. The van der Waals surface area contributed by atoms with Gasteiger partial charge in [0.15, 0.2) is 0 Å². The van der Waals surface area contributed by atoms with Crippen molar-refractivity contribution < 1.29 is 4.74 Å². The van der Waals surface area contributed by atoms with E-state index in [9.17, 15) is 0 Å². The number of aryl methyl sites for hydroxylation is 1. The molecule has 1 aromatic heterocycles. The largest absolute Gasteiger partial charge is 0.488 e. The van der Waals surface area contributed by atoms with Crippen molar-refractivity contribution >= 4 is 11.6 Å². The Hall–Kier alpha value is -1.52. The van der Waals surface area contributed by atoms with Crippen LogP contribution in [0, 0.1) is 0 Å². The quantitative estimate of drug-likeness (QED) is 0.922. The second-order valence-electron chi connectivity index (χ2n) is 5.40. The molecular formula is C16H20ClN3O. The van der Waals surface area contributed by atoms with Gasteiger partial charge in [-0.25, -0.2) is 0 Å². The van der Waals surface area contributed by atoms with E-state index in [4.69, 9.17) is 16.3 Å². The van der Waals surface area contributed by atoms with Crippen LogP contribution in [0.15, 0.2) is 30.5 Å². The topological polar surface area (TPSA) is 39.1 Å². The van der Waals surface area contributed by atoms with Crippen molar-refractivity contribution in [3.8, 4) is 5.75 Å². The van der Waals surface area contributed by atoms with E-state index in [-0.39, 0.29) is 12.1 Å². The standard InChI is InChI=1S/C16H20ClN3O/c1-3-8-18-15(16-12(17)10-19-20(16)2)14-9-11-6-4-5-7-13(11)21-14/h4-7,10,14-15,18H,3,8-9H2,1-2H3. The van der Waals surface area contributed by atoms with Crippen LogP contribution >= 0.6 is 11.6 Å². The van der Waals surface area contributed by atoms with Gasteiger partial charge >= 0.3 is 0 Å². The number of nitrogens with one attached hydrogen (secondary N) is 1. The summed E-state index contributed by atoms with van der Waals surface area (Å²) in [6.45, 7) is 3.07. The molecule has 112 valence electrons. The van der Waals surface area contributed by atoms with Crippen LogP contribution < -0.4 is 10.1 Å². The van der Waals surface area contributed by atoms with Gasteiger partial charge in [-0.3, -0.25) is 4.68 Å². The first-order valence-electron chi connectivity index (χ1n) is 7.36. The maximum atomic E-state index is 6.33. The molecule has 0 spiro atoms. The van der Waals surface area contributed by atoms with Gasteiger partial charge in [0.2, 0.25) is 0 Å². The average Bonchev–Trinajstić information content (AvgIpc) is 3.05. The Labute approximate surface area is 130 Å². The summed E-state index contributed by atoms with van der Waals surface area (Å²) in [5.41, 5.74) is 2.24. The van der Waals surface area contributed by atoms with Crippen molar-refractivity contribution in [2.45, 2.75) is 31.9 Å². The van der Waals surface area contributed by atoms with Gasteiger partial charge in [0.1, 0.15) is 11.9 Å². The minimum atomic E-state index is 0.0392. The predicted molar refractivity (Wildman–Crippen MR) is 83.8 cm³/mol. The summed E-state index contributed by atoms with van der Waals surface area (Å²) in [7, 11) is 1.92. The highest BCUT2D eigenvalue weighted by Crippen LogP contribution is 2.35. The first-order valence-corrected chi connectivity index (χ1v) is 7.73. The molecule has 3 rings (SSSR count). The van der Waals surface area contributed by atoms with Crippen LogP contribution in [-0.2, 0) is 13.5 Å². The number of benzene rings is 1. The first kappa shape index (κ1) is 14.4. The lowest BCUT2D eigenvalue weighted by Gasteiger charge is -2.25. The van der Waals surface area contributed by atoms with Crippen LogP contribution in [0.3, 0.4) is 0 Å². The minimum Gasteiger partial charge on any atom is -0.488 e. The summed E-state index contributed by atoms with van der Waals surface area (Å²) in [6, 6.07) is 8.24. The Morgan fingerprint density at radius 3 is 2.95 bits per heavy atom. The zero-order valence-electron chi connectivity index (χ0n) is 12.3. The number of nitrogens with zero attached hydrogens (tertiary/aromatic N) is 2. The van der Waals surface area contributed by atoms with E-state index in [1.54, 1.807) is 6.20 Å². The van der Waals surface area contributed by atoms with E-state index in [2.05, 4.69) is 29.5 Å². The highest BCUT2D eigenvalue weighted by Gasteiger charge is 2.33. The van der Waals surface area contributed by atoms with Crippen molar-refractivity contribution in [3.63, 3.8) is 0 Å². The first-order chi connectivity index (χ1) is 10.2. The molecule has 0 aliphatic carbocycles. The molecule has 2 heterocycles. The van der Waals surface area contributed by atoms with Crippen molar-refractivity contribution in [1.82, 2.24) is 15.1 Å². The molecule has 2 atom stereocenters.